The molecule has 1 amide bonds. The van der Waals surface area contributed by atoms with Crippen molar-refractivity contribution in [3.05, 3.63) is 141 Å². The van der Waals surface area contributed by atoms with Crippen molar-refractivity contribution in [3.8, 4) is 22.5 Å². The minimum Gasteiger partial charge on any atom is -0.478 e. The second-order valence-electron chi connectivity index (χ2n) is 14.4. The lowest BCUT2D eigenvalue weighted by atomic mass is 10.1. The Bertz CT molecular complexity index is 2710. The Morgan fingerprint density at radius 1 is 0.631 bits per heavy atom. The van der Waals surface area contributed by atoms with Gasteiger partial charge in [0.05, 0.1) is 51.7 Å². The number of nitrogens with two attached hydrogens (primary N) is 1. The fourth-order valence-corrected chi connectivity index (χ4v) is 9.56. The van der Waals surface area contributed by atoms with Gasteiger partial charge in [0.25, 0.3) is 5.91 Å². The summed E-state index contributed by atoms with van der Waals surface area (Å²) >= 11 is 6.26. The first-order valence-corrected chi connectivity index (χ1v) is 28.2. The number of thiazole rings is 2. The molecule has 0 fully saturated rings. The summed E-state index contributed by atoms with van der Waals surface area (Å²) in [5.74, 6) is 0.132. The first-order valence-electron chi connectivity index (χ1n) is 19.8. The predicted octanol–water partition coefficient (Wildman–Crippen LogP) is 7.67. The Hall–Kier alpha value is -5.02. The highest BCUT2D eigenvalue weighted by Crippen LogP contribution is 2.24. The van der Waals surface area contributed by atoms with Gasteiger partial charge < -0.3 is 16.2 Å². The molecule has 2 atom stereocenters. The summed E-state index contributed by atoms with van der Waals surface area (Å²) < 4.78 is 45.2. The number of benzene rings is 4. The highest BCUT2D eigenvalue weighted by Gasteiger charge is 2.23. The van der Waals surface area contributed by atoms with Gasteiger partial charge in [-0.25, -0.2) is 31.6 Å². The number of aromatic carboxylic acids is 1. The van der Waals surface area contributed by atoms with Crippen molar-refractivity contribution in [3.63, 3.8) is 0 Å². The van der Waals surface area contributed by atoms with E-state index in [0.717, 1.165) is 58.0 Å². The second kappa shape index (κ2) is 25.6. The Kier molecular flexibility index (Phi) is 20.7. The van der Waals surface area contributed by atoms with Gasteiger partial charge in [0.15, 0.2) is 31.2 Å². The van der Waals surface area contributed by atoms with Crippen LogP contribution in [0.4, 0.5) is 0 Å². The molecule has 19 heteroatoms. The average molecular weight is 995 g/mol. The van der Waals surface area contributed by atoms with Gasteiger partial charge in [0.1, 0.15) is 10.0 Å². The average Bonchev–Trinajstić information content (AvgIpc) is 3.97. The van der Waals surface area contributed by atoms with Gasteiger partial charge in [-0.15, -0.1) is 22.7 Å². The number of thioether (sulfide) groups is 2. The predicted molar refractivity (Wildman–Crippen MR) is 264 cm³/mol. The quantitative estimate of drug-likeness (QED) is 0.0709. The number of nitrogens with one attached hydrogen (secondary N) is 1. The third-order valence-electron chi connectivity index (χ3n) is 9.32. The molecule has 0 unspecified atom stereocenters. The van der Waals surface area contributed by atoms with Crippen LogP contribution in [0.5, 0.6) is 0 Å². The summed E-state index contributed by atoms with van der Waals surface area (Å²) in [6, 6.07) is 29.5. The van der Waals surface area contributed by atoms with Crippen LogP contribution in [0.15, 0.2) is 130 Å². The summed E-state index contributed by atoms with van der Waals surface area (Å²) in [6.45, 7) is 0. The molecule has 6 aromatic rings. The van der Waals surface area contributed by atoms with Crippen LogP contribution >= 0.6 is 46.2 Å². The van der Waals surface area contributed by atoms with Crippen LogP contribution in [0.1, 0.15) is 43.6 Å². The highest BCUT2D eigenvalue weighted by molar-refractivity contribution is 7.98. The number of hydrogen-bond acceptors (Lipinski definition) is 15. The van der Waals surface area contributed by atoms with Gasteiger partial charge in [-0.3, -0.25) is 14.4 Å². The molecule has 2 aromatic heterocycles. The lowest BCUT2D eigenvalue weighted by molar-refractivity contribution is -0.120. The van der Waals surface area contributed by atoms with E-state index in [4.69, 9.17) is 10.8 Å². The maximum atomic E-state index is 13.0. The van der Waals surface area contributed by atoms with E-state index < -0.39 is 37.6 Å². The molecule has 13 nitrogen and oxygen atoms in total. The van der Waals surface area contributed by atoms with E-state index in [-0.39, 0.29) is 39.4 Å². The van der Waals surface area contributed by atoms with Crippen molar-refractivity contribution in [2.75, 3.05) is 36.5 Å². The van der Waals surface area contributed by atoms with Crippen LogP contribution < -0.4 is 11.1 Å². The molecule has 0 saturated carbocycles. The van der Waals surface area contributed by atoms with E-state index in [1.165, 1.54) is 71.2 Å². The van der Waals surface area contributed by atoms with E-state index >= 15 is 0 Å². The minimum atomic E-state index is -3.34. The van der Waals surface area contributed by atoms with Crippen molar-refractivity contribution in [2.45, 2.75) is 47.6 Å². The Balaban J connectivity index is 0.000000238. The molecular weight excluding hydrogens is 945 g/mol. The smallest absolute Gasteiger partial charge is 0.335 e. The van der Waals surface area contributed by atoms with Gasteiger partial charge in [0.2, 0.25) is 0 Å². The molecule has 0 aliphatic carbocycles. The Morgan fingerprint density at radius 2 is 1.05 bits per heavy atom. The lowest BCUT2D eigenvalue weighted by Crippen LogP contribution is -2.42. The number of carbonyl (C=O) groups is 4. The number of aromatic nitrogens is 2. The van der Waals surface area contributed by atoms with Gasteiger partial charge in [-0.05, 0) is 85.4 Å². The number of carboxylic acid groups (broad SMARTS) is 1. The number of carboxylic acids is 1. The molecule has 0 aliphatic heterocycles. The van der Waals surface area contributed by atoms with Crippen molar-refractivity contribution < 1.29 is 41.1 Å². The number of carbonyl (C=O) groups excluding carboxylic acids is 3. The zero-order chi connectivity index (χ0) is 47.6. The summed E-state index contributed by atoms with van der Waals surface area (Å²) in [5, 5.41) is 16.8. The zero-order valence-electron chi connectivity index (χ0n) is 36.1. The molecule has 4 N–H and O–H groups in total. The molecule has 0 radical (unpaired) electrons. The zero-order valence-corrected chi connectivity index (χ0v) is 41.0. The van der Waals surface area contributed by atoms with Gasteiger partial charge >= 0.3 is 5.97 Å². The first-order chi connectivity index (χ1) is 30.9. The SMILES string of the molecule is CS(=O)(=O)c1ccc(C(=O)O)cc1.CSCC[C@H](N)C(=O)Cc1nc(-c2ccccc2)cs1.CSCC[C@H](NC(=O)c1ccc(S(C)(=O)=O)cc1)C(=O)Cc1nc(-c2ccccc2)cs1. The number of amides is 1. The van der Waals surface area contributed by atoms with E-state index in [1.807, 2.05) is 83.9 Å². The molecule has 0 bridgehead atoms. The van der Waals surface area contributed by atoms with E-state index in [1.54, 1.807) is 23.5 Å². The molecule has 0 aliphatic rings. The maximum Gasteiger partial charge on any atom is 0.335 e. The lowest BCUT2D eigenvalue weighted by Gasteiger charge is -2.17. The largest absolute Gasteiger partial charge is 0.478 e. The van der Waals surface area contributed by atoms with Crippen LogP contribution in [0, 0.1) is 0 Å². The summed E-state index contributed by atoms with van der Waals surface area (Å²) in [6.07, 6.45) is 7.87. The van der Waals surface area contributed by atoms with Gasteiger partial charge in [0, 0.05) is 40.0 Å². The van der Waals surface area contributed by atoms with E-state index in [9.17, 15) is 36.0 Å². The van der Waals surface area contributed by atoms with Crippen molar-refractivity contribution in [1.82, 2.24) is 15.3 Å². The Labute approximate surface area is 396 Å². The van der Waals surface area contributed by atoms with Crippen molar-refractivity contribution in [2.24, 2.45) is 5.73 Å². The van der Waals surface area contributed by atoms with E-state index in [0.29, 0.717) is 23.4 Å². The molecular formula is C46H50N4O9S6. The first kappa shape index (κ1) is 52.6. The van der Waals surface area contributed by atoms with Crippen LogP contribution in [0.3, 0.4) is 0 Å². The number of ketones is 2. The molecule has 2 heterocycles. The second-order valence-corrected chi connectivity index (χ2v) is 22.3. The Morgan fingerprint density at radius 3 is 1.46 bits per heavy atom. The fourth-order valence-electron chi connectivity index (χ4n) is 5.71. The highest BCUT2D eigenvalue weighted by atomic mass is 32.2. The molecule has 6 rings (SSSR count). The fraction of sp³-hybridized carbons (Fsp3) is 0.261. The third kappa shape index (κ3) is 17.4. The number of nitrogens with zero attached hydrogens (tertiary/aromatic N) is 2. The van der Waals surface area contributed by atoms with Crippen molar-refractivity contribution >= 4 is 89.3 Å². The monoisotopic (exact) mass is 994 g/mol. The molecule has 4 aromatic carbocycles. The van der Waals surface area contributed by atoms with Crippen LogP contribution in [-0.2, 0) is 42.1 Å². The number of Topliss-reactive ketones (excluding diaryl/α,β-unsaturated/α-hetero) is 2. The summed E-state index contributed by atoms with van der Waals surface area (Å²) in [4.78, 5) is 57.4. The third-order valence-corrected chi connectivity index (χ3v) is 14.6. The van der Waals surface area contributed by atoms with Gasteiger partial charge in [-0.1, -0.05) is 60.7 Å². The standard InChI is InChI=1S/C23H24N2O4S3.C15H18N2OS2.C8H8O4S/c1-30-13-12-19(25-23(27)17-8-10-18(11-9-17)32(2,28)29)21(26)14-22-24-20(15-31-22)16-6-4-3-5-7-16;1-19-8-7-12(16)14(18)9-15-17-13(10-20-15)11-5-3-2-4-6-11;1-13(11,12)7-4-2-6(3-5-7)8(9)10/h3-11,15,19H,12-14H2,1-2H3,(H,25,27);2-6,10,12H,7-9,16H2,1H3;2-5H,1H3,(H,9,10)/t19-;12-;/m00./s1. The normalized spacial score (nSPS) is 12.1. The van der Waals surface area contributed by atoms with Crippen LogP contribution in [0.2, 0.25) is 0 Å². The number of sulfone groups is 2. The van der Waals surface area contributed by atoms with Crippen LogP contribution in [0.25, 0.3) is 22.5 Å². The molecule has 344 valence electrons. The molecule has 0 saturated heterocycles. The van der Waals surface area contributed by atoms with E-state index in [2.05, 4.69) is 15.3 Å². The minimum absolute atomic E-state index is 0.0763. The number of hydrogen-bond donors (Lipinski definition) is 3. The summed E-state index contributed by atoms with van der Waals surface area (Å²) in [5.41, 5.74) is 10.1. The molecule has 0 spiro atoms. The molecule has 65 heavy (non-hydrogen) atoms. The maximum absolute atomic E-state index is 13.0. The summed E-state index contributed by atoms with van der Waals surface area (Å²) in [7, 11) is -6.58. The van der Waals surface area contributed by atoms with Crippen molar-refractivity contribution in [1.29, 1.82) is 0 Å². The topological polar surface area (TPSA) is 221 Å². The number of rotatable bonds is 19. The van der Waals surface area contributed by atoms with Gasteiger partial charge in [-0.2, -0.15) is 23.5 Å². The van der Waals surface area contributed by atoms with Crippen LogP contribution in [-0.4, -0.2) is 104 Å².